The summed E-state index contributed by atoms with van der Waals surface area (Å²) < 4.78 is 5.35. The van der Waals surface area contributed by atoms with Crippen LogP contribution in [0.4, 0.5) is 11.5 Å². The Morgan fingerprint density at radius 2 is 1.70 bits per heavy atom. The third-order valence-corrected chi connectivity index (χ3v) is 6.46. The minimum Gasteiger partial charge on any atom is -0.493 e. The number of aromatic amines is 1. The lowest BCUT2D eigenvalue weighted by molar-refractivity contribution is 0.312. The van der Waals surface area contributed by atoms with Gasteiger partial charge in [0.2, 0.25) is 0 Å². The molecule has 1 aromatic carbocycles. The number of anilines is 2. The van der Waals surface area contributed by atoms with Gasteiger partial charge >= 0.3 is 0 Å². The van der Waals surface area contributed by atoms with Gasteiger partial charge in [-0.25, -0.2) is 4.98 Å². The number of ether oxygens (including phenoxy) is 1. The molecule has 3 aromatic heterocycles. The summed E-state index contributed by atoms with van der Waals surface area (Å²) in [6.45, 7) is 8.64. The predicted octanol–water partition coefficient (Wildman–Crippen LogP) is 3.65. The molecule has 5 rings (SSSR count). The van der Waals surface area contributed by atoms with Crippen LogP contribution in [0.25, 0.3) is 33.4 Å². The van der Waals surface area contributed by atoms with Crippen molar-refractivity contribution in [3.8, 4) is 28.1 Å². The minimum atomic E-state index is 0.368. The van der Waals surface area contributed by atoms with Gasteiger partial charge in [-0.15, -0.1) is 10.2 Å². The summed E-state index contributed by atoms with van der Waals surface area (Å²) in [6.07, 6.45) is 3.67. The number of aryl methyl sites for hydroxylation is 2. The Bertz CT molecular complexity index is 1300. The molecule has 1 aliphatic rings. The quantitative estimate of drug-likeness (QED) is 0.497. The van der Waals surface area contributed by atoms with Crippen LogP contribution in [0, 0.1) is 13.8 Å². The number of nitrogens with zero attached hydrogens (tertiary/aromatic N) is 5. The fraction of sp³-hybridized carbons (Fsp3) is 0.320. The molecular weight excluding hydrogens is 414 g/mol. The average molecular weight is 444 g/mol. The second kappa shape index (κ2) is 8.37. The summed E-state index contributed by atoms with van der Waals surface area (Å²) in [4.78, 5) is 12.4. The molecule has 0 radical (unpaired) electrons. The van der Waals surface area contributed by atoms with Crippen molar-refractivity contribution in [1.82, 2.24) is 25.1 Å². The number of methoxy groups -OCH3 is 1. The molecule has 1 fully saturated rings. The molecule has 4 heterocycles. The number of nitrogens with two attached hydrogens (primary N) is 1. The number of pyridine rings is 1. The molecule has 4 aromatic rings. The predicted molar refractivity (Wildman–Crippen MR) is 133 cm³/mol. The van der Waals surface area contributed by atoms with Crippen molar-refractivity contribution in [2.45, 2.75) is 13.8 Å². The van der Waals surface area contributed by atoms with Crippen LogP contribution < -0.4 is 15.4 Å². The van der Waals surface area contributed by atoms with E-state index in [1.807, 2.05) is 12.3 Å². The van der Waals surface area contributed by atoms with Crippen molar-refractivity contribution < 1.29 is 4.74 Å². The van der Waals surface area contributed by atoms with E-state index in [2.05, 4.69) is 69.1 Å². The fourth-order valence-electron chi connectivity index (χ4n) is 4.70. The highest BCUT2D eigenvalue weighted by atomic mass is 16.5. The van der Waals surface area contributed by atoms with Crippen LogP contribution in [0.3, 0.4) is 0 Å². The molecule has 0 amide bonds. The largest absolute Gasteiger partial charge is 0.493 e. The molecular formula is C25H29N7O. The highest BCUT2D eigenvalue weighted by molar-refractivity contribution is 5.95. The zero-order chi connectivity index (χ0) is 23.1. The Morgan fingerprint density at radius 3 is 2.39 bits per heavy atom. The van der Waals surface area contributed by atoms with Crippen molar-refractivity contribution in [3.05, 3.63) is 47.8 Å². The third kappa shape index (κ3) is 3.87. The molecule has 33 heavy (non-hydrogen) atoms. The normalized spacial score (nSPS) is 14.7. The number of nitrogens with one attached hydrogen (secondary N) is 1. The Kier molecular flexibility index (Phi) is 5.38. The molecule has 0 saturated carbocycles. The van der Waals surface area contributed by atoms with E-state index in [4.69, 9.17) is 10.5 Å². The summed E-state index contributed by atoms with van der Waals surface area (Å²) in [5.41, 5.74) is 14.3. The number of likely N-dealkylation sites (N-methyl/N-ethyl adjacent to an activating group) is 1. The van der Waals surface area contributed by atoms with Gasteiger partial charge in [-0.05, 0) is 56.3 Å². The zero-order valence-electron chi connectivity index (χ0n) is 19.5. The average Bonchev–Trinajstić information content (AvgIpc) is 3.23. The number of nitrogen functional groups attached to an aromatic ring is 1. The van der Waals surface area contributed by atoms with Crippen LogP contribution in [0.15, 0.2) is 36.7 Å². The first-order valence-electron chi connectivity index (χ1n) is 11.1. The fourth-order valence-corrected chi connectivity index (χ4v) is 4.70. The van der Waals surface area contributed by atoms with Gasteiger partial charge in [-0.1, -0.05) is 0 Å². The lowest BCUT2D eigenvalue weighted by Gasteiger charge is -2.36. The highest BCUT2D eigenvalue weighted by Gasteiger charge is 2.19. The van der Waals surface area contributed by atoms with Gasteiger partial charge in [0.1, 0.15) is 0 Å². The first-order chi connectivity index (χ1) is 15.9. The van der Waals surface area contributed by atoms with E-state index >= 15 is 0 Å². The Hall–Kier alpha value is -3.65. The highest BCUT2D eigenvalue weighted by Crippen LogP contribution is 2.35. The summed E-state index contributed by atoms with van der Waals surface area (Å²) >= 11 is 0. The third-order valence-electron chi connectivity index (χ3n) is 6.46. The minimum absolute atomic E-state index is 0.368. The molecule has 0 bridgehead atoms. The monoisotopic (exact) mass is 443 g/mol. The van der Waals surface area contributed by atoms with Gasteiger partial charge in [0, 0.05) is 66.3 Å². The molecule has 8 heteroatoms. The summed E-state index contributed by atoms with van der Waals surface area (Å²) in [5.74, 6) is 0.919. The van der Waals surface area contributed by atoms with E-state index in [1.54, 1.807) is 13.3 Å². The van der Waals surface area contributed by atoms with Crippen molar-refractivity contribution in [2.75, 3.05) is 51.0 Å². The molecule has 3 N–H and O–H groups in total. The van der Waals surface area contributed by atoms with E-state index in [1.165, 1.54) is 16.8 Å². The second-order valence-electron chi connectivity index (χ2n) is 8.75. The zero-order valence-corrected chi connectivity index (χ0v) is 19.5. The van der Waals surface area contributed by atoms with E-state index in [-0.39, 0.29) is 0 Å². The Morgan fingerprint density at radius 1 is 0.970 bits per heavy atom. The summed E-state index contributed by atoms with van der Waals surface area (Å²) in [7, 11) is 3.77. The van der Waals surface area contributed by atoms with Crippen LogP contribution in [-0.2, 0) is 0 Å². The lowest BCUT2D eigenvalue weighted by atomic mass is 9.99. The number of benzene rings is 1. The smallest absolute Gasteiger partial charge is 0.166 e. The molecule has 0 atom stereocenters. The van der Waals surface area contributed by atoms with E-state index in [0.717, 1.165) is 59.6 Å². The molecule has 0 unspecified atom stereocenters. The van der Waals surface area contributed by atoms with E-state index in [9.17, 15) is 0 Å². The molecule has 1 saturated heterocycles. The number of piperazine rings is 1. The first-order valence-corrected chi connectivity index (χ1v) is 11.1. The maximum absolute atomic E-state index is 5.90. The van der Waals surface area contributed by atoms with Crippen LogP contribution in [-0.4, -0.2) is 65.4 Å². The number of rotatable bonds is 4. The van der Waals surface area contributed by atoms with Crippen LogP contribution >= 0.6 is 0 Å². The summed E-state index contributed by atoms with van der Waals surface area (Å²) in [6, 6.07) is 8.41. The van der Waals surface area contributed by atoms with E-state index in [0.29, 0.717) is 11.6 Å². The van der Waals surface area contributed by atoms with Crippen LogP contribution in [0.1, 0.15) is 11.1 Å². The number of hydrogen-bond donors (Lipinski definition) is 2. The molecule has 1 aliphatic heterocycles. The van der Waals surface area contributed by atoms with Crippen molar-refractivity contribution >= 4 is 22.5 Å². The standard InChI is InChI=1S/C25H29N7O/c1-15-9-17(10-16(2)23(15)32-7-5-31(3)6-8-32)21-12-19-20(14-28-25(19)30-29-21)18-11-22(33-4)24(26)27-13-18/h9-14H,5-8H2,1-4H3,(H2,26,27)(H,28,30). The molecule has 170 valence electrons. The maximum Gasteiger partial charge on any atom is 0.166 e. The second-order valence-corrected chi connectivity index (χ2v) is 8.75. The molecule has 0 spiro atoms. The number of hydrogen-bond acceptors (Lipinski definition) is 7. The van der Waals surface area contributed by atoms with Gasteiger partial charge < -0.3 is 25.3 Å². The SMILES string of the molecule is COc1cc(-c2c[nH]c3nnc(-c4cc(C)c(N5CCN(C)CC5)c(C)c4)cc23)cnc1N. The molecule has 8 nitrogen and oxygen atoms in total. The van der Waals surface area contributed by atoms with Crippen molar-refractivity contribution in [1.29, 1.82) is 0 Å². The topological polar surface area (TPSA) is 96.2 Å². The lowest BCUT2D eigenvalue weighted by Crippen LogP contribution is -2.45. The first kappa shape index (κ1) is 21.2. The number of fused-ring (bicyclic) bond motifs is 1. The van der Waals surface area contributed by atoms with E-state index < -0.39 is 0 Å². The van der Waals surface area contributed by atoms with Gasteiger partial charge in [0.05, 0.1) is 12.8 Å². The van der Waals surface area contributed by atoms with Crippen molar-refractivity contribution in [3.63, 3.8) is 0 Å². The Balaban J connectivity index is 1.54. The van der Waals surface area contributed by atoms with Crippen LogP contribution in [0.5, 0.6) is 5.75 Å². The molecule has 0 aliphatic carbocycles. The van der Waals surface area contributed by atoms with Crippen molar-refractivity contribution in [2.24, 2.45) is 0 Å². The van der Waals surface area contributed by atoms with Gasteiger partial charge in [-0.2, -0.15) is 0 Å². The Labute approximate surface area is 193 Å². The summed E-state index contributed by atoms with van der Waals surface area (Å²) in [5, 5.41) is 9.93. The number of aromatic nitrogens is 4. The maximum atomic E-state index is 5.90. The van der Waals surface area contributed by atoms with Gasteiger partial charge in [0.15, 0.2) is 17.2 Å². The van der Waals surface area contributed by atoms with Crippen LogP contribution in [0.2, 0.25) is 0 Å². The van der Waals surface area contributed by atoms with Gasteiger partial charge in [0.25, 0.3) is 0 Å². The van der Waals surface area contributed by atoms with Gasteiger partial charge in [-0.3, -0.25) is 0 Å². The number of H-pyrrole nitrogens is 1.